The Bertz CT molecular complexity index is 856. The van der Waals surface area contributed by atoms with Gasteiger partial charge in [0.15, 0.2) is 0 Å². The first-order valence-corrected chi connectivity index (χ1v) is 9.08. The van der Waals surface area contributed by atoms with Crippen molar-refractivity contribution < 1.29 is 9.90 Å². The van der Waals surface area contributed by atoms with Crippen LogP contribution in [0.5, 0.6) is 0 Å². The molecule has 24 heavy (non-hydrogen) atoms. The van der Waals surface area contributed by atoms with Crippen LogP contribution in [0.1, 0.15) is 25.0 Å². The molecule has 0 aliphatic carbocycles. The van der Waals surface area contributed by atoms with Crippen molar-refractivity contribution in [3.8, 4) is 10.6 Å². The van der Waals surface area contributed by atoms with Gasteiger partial charge in [-0.3, -0.25) is 9.69 Å². The van der Waals surface area contributed by atoms with E-state index >= 15 is 0 Å². The minimum absolute atomic E-state index is 0.399. The predicted octanol–water partition coefficient (Wildman–Crippen LogP) is 3.50. The zero-order chi connectivity index (χ0) is 16.5. The van der Waals surface area contributed by atoms with Crippen molar-refractivity contribution in [3.05, 3.63) is 47.6 Å². The van der Waals surface area contributed by atoms with E-state index < -0.39 is 12.0 Å². The molecule has 5 nitrogen and oxygen atoms in total. The van der Waals surface area contributed by atoms with Crippen molar-refractivity contribution in [1.82, 2.24) is 14.3 Å². The molecule has 0 amide bonds. The van der Waals surface area contributed by atoms with Crippen molar-refractivity contribution in [2.45, 2.75) is 31.8 Å². The molecule has 0 aromatic carbocycles. The Balaban J connectivity index is 1.77. The summed E-state index contributed by atoms with van der Waals surface area (Å²) in [5.74, 6) is -0.721. The third kappa shape index (κ3) is 2.72. The van der Waals surface area contributed by atoms with Crippen molar-refractivity contribution in [2.24, 2.45) is 0 Å². The molecule has 1 atom stereocenters. The van der Waals surface area contributed by atoms with Crippen molar-refractivity contribution in [2.75, 3.05) is 6.54 Å². The monoisotopic (exact) mass is 341 g/mol. The quantitative estimate of drug-likeness (QED) is 0.789. The van der Waals surface area contributed by atoms with Gasteiger partial charge in [-0.25, -0.2) is 4.98 Å². The molecule has 0 spiro atoms. The fraction of sp³-hybridized carbons (Fsp3) is 0.333. The number of hydrogen-bond acceptors (Lipinski definition) is 4. The molecule has 124 valence electrons. The van der Waals surface area contributed by atoms with Crippen LogP contribution in [0.3, 0.4) is 0 Å². The zero-order valence-electron chi connectivity index (χ0n) is 13.3. The predicted molar refractivity (Wildman–Crippen MR) is 94.2 cm³/mol. The molecule has 1 N–H and O–H groups in total. The summed E-state index contributed by atoms with van der Waals surface area (Å²) in [4.78, 5) is 19.6. The number of carboxylic acids is 1. The van der Waals surface area contributed by atoms with Crippen LogP contribution < -0.4 is 0 Å². The molecule has 6 heteroatoms. The SMILES string of the molecule is O=C(O)[C@H]1CCCCN1Cc1c(-c2cccs2)nc2ccccn12. The molecule has 1 aliphatic rings. The molecular weight excluding hydrogens is 322 g/mol. The highest BCUT2D eigenvalue weighted by Crippen LogP contribution is 2.30. The average Bonchev–Trinajstić information content (AvgIpc) is 3.23. The Morgan fingerprint density at radius 1 is 1.29 bits per heavy atom. The van der Waals surface area contributed by atoms with Gasteiger partial charge in [-0.05, 0) is 43.0 Å². The minimum Gasteiger partial charge on any atom is -0.480 e. The first-order chi connectivity index (χ1) is 11.7. The molecule has 4 heterocycles. The molecule has 1 aliphatic heterocycles. The number of rotatable bonds is 4. The standard InChI is InChI=1S/C18H19N3O2S/c22-18(23)13-6-1-3-9-20(13)12-14-17(15-7-5-11-24-15)19-16-8-2-4-10-21(14)16/h2,4-5,7-8,10-11,13H,1,3,6,9,12H2,(H,22,23)/t13-/m1/s1. The topological polar surface area (TPSA) is 57.8 Å². The van der Waals surface area contributed by atoms with Gasteiger partial charge in [0, 0.05) is 12.7 Å². The van der Waals surface area contributed by atoms with Gasteiger partial charge in [-0.15, -0.1) is 11.3 Å². The number of piperidine rings is 1. The third-order valence-corrected chi connectivity index (χ3v) is 5.51. The number of imidazole rings is 1. The number of thiophene rings is 1. The van der Waals surface area contributed by atoms with Gasteiger partial charge >= 0.3 is 5.97 Å². The van der Waals surface area contributed by atoms with Crippen LogP contribution in [-0.2, 0) is 11.3 Å². The average molecular weight is 341 g/mol. The Hall–Kier alpha value is -2.18. The fourth-order valence-electron chi connectivity index (χ4n) is 3.46. The second-order valence-corrected chi connectivity index (χ2v) is 7.08. The fourth-order valence-corrected chi connectivity index (χ4v) is 4.20. The Morgan fingerprint density at radius 2 is 2.21 bits per heavy atom. The molecule has 1 fully saturated rings. The summed E-state index contributed by atoms with van der Waals surface area (Å²) in [7, 11) is 0. The number of fused-ring (bicyclic) bond motifs is 1. The van der Waals surface area contributed by atoms with Crippen LogP contribution in [0.25, 0.3) is 16.2 Å². The maximum Gasteiger partial charge on any atom is 0.320 e. The normalized spacial score (nSPS) is 18.9. The maximum atomic E-state index is 11.6. The first kappa shape index (κ1) is 15.4. The summed E-state index contributed by atoms with van der Waals surface area (Å²) in [5, 5.41) is 11.6. The number of hydrogen-bond donors (Lipinski definition) is 1. The molecule has 3 aromatic heterocycles. The highest BCUT2D eigenvalue weighted by molar-refractivity contribution is 7.13. The van der Waals surface area contributed by atoms with Crippen molar-refractivity contribution >= 4 is 23.0 Å². The third-order valence-electron chi connectivity index (χ3n) is 4.64. The molecule has 0 radical (unpaired) electrons. The van der Waals surface area contributed by atoms with Gasteiger partial charge in [0.25, 0.3) is 0 Å². The molecule has 4 rings (SSSR count). The van der Waals surface area contributed by atoms with Crippen LogP contribution in [0.15, 0.2) is 41.9 Å². The van der Waals surface area contributed by atoms with E-state index in [1.807, 2.05) is 35.8 Å². The number of pyridine rings is 1. The number of aliphatic carboxylic acids is 1. The van der Waals surface area contributed by atoms with E-state index in [4.69, 9.17) is 4.98 Å². The second kappa shape index (κ2) is 6.37. The van der Waals surface area contributed by atoms with Crippen molar-refractivity contribution in [3.63, 3.8) is 0 Å². The van der Waals surface area contributed by atoms with E-state index in [1.165, 1.54) is 0 Å². The largest absolute Gasteiger partial charge is 0.480 e. The molecule has 0 unspecified atom stereocenters. The summed E-state index contributed by atoms with van der Waals surface area (Å²) < 4.78 is 2.09. The van der Waals surface area contributed by atoms with E-state index in [1.54, 1.807) is 11.3 Å². The number of nitrogens with zero attached hydrogens (tertiary/aromatic N) is 3. The Morgan fingerprint density at radius 3 is 3.00 bits per heavy atom. The molecular formula is C18H19N3O2S. The van der Waals surface area contributed by atoms with Crippen LogP contribution in [0.4, 0.5) is 0 Å². The van der Waals surface area contributed by atoms with Gasteiger partial charge < -0.3 is 9.51 Å². The van der Waals surface area contributed by atoms with E-state index in [9.17, 15) is 9.90 Å². The lowest BCUT2D eigenvalue weighted by Crippen LogP contribution is -2.44. The van der Waals surface area contributed by atoms with Gasteiger partial charge in [0.2, 0.25) is 0 Å². The van der Waals surface area contributed by atoms with Gasteiger partial charge in [-0.2, -0.15) is 0 Å². The zero-order valence-corrected chi connectivity index (χ0v) is 14.1. The Labute approximate surface area is 144 Å². The summed E-state index contributed by atoms with van der Waals surface area (Å²) >= 11 is 1.66. The highest BCUT2D eigenvalue weighted by Gasteiger charge is 2.30. The van der Waals surface area contributed by atoms with Gasteiger partial charge in [0.05, 0.1) is 10.6 Å². The second-order valence-electron chi connectivity index (χ2n) is 6.13. The molecule has 1 saturated heterocycles. The van der Waals surface area contributed by atoms with E-state index in [2.05, 4.69) is 15.4 Å². The molecule has 3 aromatic rings. The van der Waals surface area contributed by atoms with Crippen molar-refractivity contribution in [1.29, 1.82) is 0 Å². The molecule has 0 saturated carbocycles. The van der Waals surface area contributed by atoms with Gasteiger partial charge in [-0.1, -0.05) is 18.6 Å². The van der Waals surface area contributed by atoms with Crippen LogP contribution in [-0.4, -0.2) is 37.9 Å². The lowest BCUT2D eigenvalue weighted by atomic mass is 10.0. The number of likely N-dealkylation sites (tertiary alicyclic amines) is 1. The van der Waals surface area contributed by atoms with Crippen LogP contribution >= 0.6 is 11.3 Å². The lowest BCUT2D eigenvalue weighted by Gasteiger charge is -2.32. The maximum absolute atomic E-state index is 11.6. The summed E-state index contributed by atoms with van der Waals surface area (Å²) in [6.07, 6.45) is 4.77. The number of carbonyl (C=O) groups is 1. The van der Waals surface area contributed by atoms with E-state index in [-0.39, 0.29) is 0 Å². The Kier molecular flexibility index (Phi) is 4.08. The first-order valence-electron chi connectivity index (χ1n) is 8.21. The van der Waals surface area contributed by atoms with Crippen LogP contribution in [0.2, 0.25) is 0 Å². The number of aromatic nitrogens is 2. The highest BCUT2D eigenvalue weighted by atomic mass is 32.1. The smallest absolute Gasteiger partial charge is 0.320 e. The summed E-state index contributed by atoms with van der Waals surface area (Å²) in [5.41, 5.74) is 2.94. The van der Waals surface area contributed by atoms with E-state index in [0.717, 1.165) is 47.7 Å². The summed E-state index contributed by atoms with van der Waals surface area (Å²) in [6.45, 7) is 1.43. The summed E-state index contributed by atoms with van der Waals surface area (Å²) in [6, 6.07) is 9.65. The van der Waals surface area contributed by atoms with Gasteiger partial charge in [0.1, 0.15) is 17.4 Å². The van der Waals surface area contributed by atoms with E-state index in [0.29, 0.717) is 6.54 Å². The number of carboxylic acid groups (broad SMARTS) is 1. The minimum atomic E-state index is -0.721. The molecule has 0 bridgehead atoms. The van der Waals surface area contributed by atoms with Crippen LogP contribution in [0, 0.1) is 0 Å². The lowest BCUT2D eigenvalue weighted by molar-refractivity contribution is -0.144.